The zero-order valence-corrected chi connectivity index (χ0v) is 12.4. The average Bonchev–Trinajstić information content (AvgIpc) is 2.45. The van der Waals surface area contributed by atoms with Crippen molar-refractivity contribution >= 4 is 12.0 Å². The Bertz CT molecular complexity index is 533. The molecule has 2 unspecified atom stereocenters. The summed E-state index contributed by atoms with van der Waals surface area (Å²) >= 11 is 0. The Morgan fingerprint density at radius 1 is 1.52 bits per heavy atom. The largest absolute Gasteiger partial charge is 0.480 e. The van der Waals surface area contributed by atoms with Gasteiger partial charge in [-0.2, -0.15) is 0 Å². The van der Waals surface area contributed by atoms with E-state index in [1.807, 2.05) is 19.9 Å². The average molecular weight is 291 g/mol. The molecule has 0 bridgehead atoms. The van der Waals surface area contributed by atoms with Gasteiger partial charge in [0.2, 0.25) is 0 Å². The Morgan fingerprint density at radius 3 is 2.95 bits per heavy atom. The number of aliphatic carboxylic acids is 1. The number of aromatic nitrogens is 1. The number of rotatable bonds is 3. The van der Waals surface area contributed by atoms with E-state index in [1.54, 1.807) is 12.4 Å². The first-order valence-corrected chi connectivity index (χ1v) is 7.17. The number of likely N-dealkylation sites (tertiary alicyclic amines) is 1. The maximum Gasteiger partial charge on any atom is 0.326 e. The Kier molecular flexibility index (Phi) is 4.77. The number of hydrogen-bond acceptors (Lipinski definition) is 3. The lowest BCUT2D eigenvalue weighted by Gasteiger charge is -2.37. The molecule has 0 radical (unpaired) electrons. The van der Waals surface area contributed by atoms with Gasteiger partial charge in [-0.05, 0) is 42.9 Å². The third-order valence-corrected chi connectivity index (χ3v) is 4.01. The second-order valence-electron chi connectivity index (χ2n) is 5.56. The van der Waals surface area contributed by atoms with Crippen LogP contribution in [0.3, 0.4) is 0 Å². The first-order chi connectivity index (χ1) is 10.0. The monoisotopic (exact) mass is 291 g/mol. The van der Waals surface area contributed by atoms with Crippen molar-refractivity contribution in [3.05, 3.63) is 29.6 Å². The molecule has 0 aromatic carbocycles. The molecule has 2 atom stereocenters. The number of nitrogens with zero attached hydrogens (tertiary/aromatic N) is 2. The summed E-state index contributed by atoms with van der Waals surface area (Å²) in [6, 6.07) is 0.797. The van der Waals surface area contributed by atoms with E-state index in [2.05, 4.69) is 10.3 Å². The van der Waals surface area contributed by atoms with Crippen LogP contribution in [0, 0.1) is 12.8 Å². The Labute approximate surface area is 124 Å². The number of carbonyl (C=O) groups excluding carboxylic acids is 1. The molecule has 2 rings (SSSR count). The third-order valence-electron chi connectivity index (χ3n) is 4.01. The smallest absolute Gasteiger partial charge is 0.326 e. The van der Waals surface area contributed by atoms with E-state index in [1.165, 1.54) is 4.90 Å². The minimum atomic E-state index is -0.933. The minimum Gasteiger partial charge on any atom is -0.480 e. The number of aryl methyl sites for hydroxylation is 1. The van der Waals surface area contributed by atoms with Gasteiger partial charge in [-0.1, -0.05) is 6.92 Å². The molecule has 2 heterocycles. The molecule has 0 aliphatic carbocycles. The first-order valence-electron chi connectivity index (χ1n) is 7.17. The van der Waals surface area contributed by atoms with Gasteiger partial charge in [-0.15, -0.1) is 0 Å². The summed E-state index contributed by atoms with van der Waals surface area (Å²) in [5.41, 5.74) is 1.98. The van der Waals surface area contributed by atoms with Crippen molar-refractivity contribution in [2.45, 2.75) is 39.3 Å². The number of carbonyl (C=O) groups is 2. The van der Waals surface area contributed by atoms with E-state index in [9.17, 15) is 14.7 Å². The summed E-state index contributed by atoms with van der Waals surface area (Å²) in [7, 11) is 0. The zero-order chi connectivity index (χ0) is 15.4. The van der Waals surface area contributed by atoms with Gasteiger partial charge in [0.1, 0.15) is 6.04 Å². The van der Waals surface area contributed by atoms with Crippen LogP contribution < -0.4 is 5.32 Å². The maximum atomic E-state index is 12.3. The predicted octanol–water partition coefficient (Wildman–Crippen LogP) is 1.78. The quantitative estimate of drug-likeness (QED) is 0.889. The van der Waals surface area contributed by atoms with Gasteiger partial charge in [0.05, 0.1) is 0 Å². The molecule has 2 N–H and O–H groups in total. The van der Waals surface area contributed by atoms with Crippen LogP contribution in [-0.2, 0) is 11.3 Å². The van der Waals surface area contributed by atoms with Crippen LogP contribution in [0.2, 0.25) is 0 Å². The summed E-state index contributed by atoms with van der Waals surface area (Å²) < 4.78 is 0. The van der Waals surface area contributed by atoms with Crippen molar-refractivity contribution in [3.8, 4) is 0 Å². The van der Waals surface area contributed by atoms with Crippen molar-refractivity contribution in [1.29, 1.82) is 0 Å². The molecule has 0 saturated carbocycles. The van der Waals surface area contributed by atoms with Crippen molar-refractivity contribution < 1.29 is 14.7 Å². The Morgan fingerprint density at radius 2 is 2.29 bits per heavy atom. The summed E-state index contributed by atoms with van der Waals surface area (Å²) in [5.74, 6) is -0.956. The number of nitrogens with one attached hydrogen (secondary N) is 1. The molecule has 2 amide bonds. The summed E-state index contributed by atoms with van der Waals surface area (Å²) in [5, 5.41) is 12.1. The molecule has 1 saturated heterocycles. The lowest BCUT2D eigenvalue weighted by Crippen LogP contribution is -2.54. The van der Waals surface area contributed by atoms with Gasteiger partial charge in [0, 0.05) is 25.5 Å². The molecule has 1 aromatic heterocycles. The first kappa shape index (κ1) is 15.3. The van der Waals surface area contributed by atoms with Crippen LogP contribution in [0.5, 0.6) is 0 Å². The lowest BCUT2D eigenvalue weighted by atomic mass is 9.91. The fourth-order valence-electron chi connectivity index (χ4n) is 2.77. The minimum absolute atomic E-state index is 0.0235. The molecule has 0 spiro atoms. The van der Waals surface area contributed by atoms with E-state index in [-0.39, 0.29) is 11.9 Å². The number of amides is 2. The van der Waals surface area contributed by atoms with Gasteiger partial charge in [0.25, 0.3) is 0 Å². The van der Waals surface area contributed by atoms with Crippen molar-refractivity contribution in [1.82, 2.24) is 15.2 Å². The molecule has 1 aromatic rings. The molecular weight excluding hydrogens is 270 g/mol. The van der Waals surface area contributed by atoms with Gasteiger partial charge in [0.15, 0.2) is 0 Å². The zero-order valence-electron chi connectivity index (χ0n) is 12.4. The number of carboxylic acids is 1. The molecular formula is C15H21N3O3. The number of urea groups is 1. The summed E-state index contributed by atoms with van der Waals surface area (Å²) in [6.45, 7) is 4.68. The van der Waals surface area contributed by atoms with Crippen molar-refractivity contribution in [3.63, 3.8) is 0 Å². The van der Waals surface area contributed by atoms with Crippen molar-refractivity contribution in [2.24, 2.45) is 5.92 Å². The van der Waals surface area contributed by atoms with E-state index in [0.29, 0.717) is 13.1 Å². The van der Waals surface area contributed by atoms with Crippen molar-refractivity contribution in [2.75, 3.05) is 6.54 Å². The van der Waals surface area contributed by atoms with Gasteiger partial charge >= 0.3 is 12.0 Å². The van der Waals surface area contributed by atoms with Gasteiger partial charge in [-0.25, -0.2) is 9.59 Å². The molecule has 6 nitrogen and oxygen atoms in total. The highest BCUT2D eigenvalue weighted by Gasteiger charge is 2.36. The molecule has 1 fully saturated rings. The Hall–Kier alpha value is -2.11. The summed E-state index contributed by atoms with van der Waals surface area (Å²) in [6.07, 6.45) is 5.10. The van der Waals surface area contributed by atoms with E-state index >= 15 is 0 Å². The molecule has 6 heteroatoms. The van der Waals surface area contributed by atoms with E-state index in [0.717, 1.165) is 24.0 Å². The normalized spacial score (nSPS) is 21.9. The van der Waals surface area contributed by atoms with Crippen LogP contribution in [0.4, 0.5) is 4.79 Å². The van der Waals surface area contributed by atoms with Crippen LogP contribution in [-0.4, -0.2) is 39.6 Å². The third kappa shape index (κ3) is 3.51. The second-order valence-corrected chi connectivity index (χ2v) is 5.56. The summed E-state index contributed by atoms with van der Waals surface area (Å²) in [4.78, 5) is 29.1. The standard InChI is InChI=1S/C15H21N3O3/c1-10-4-3-7-18(13(10)14(19)20)15(21)17-9-12-5-6-16-8-11(12)2/h5-6,8,10,13H,3-4,7,9H2,1-2H3,(H,17,21)(H,19,20). The number of hydrogen-bond donors (Lipinski definition) is 2. The molecule has 21 heavy (non-hydrogen) atoms. The predicted molar refractivity (Wildman–Crippen MR) is 77.7 cm³/mol. The highest BCUT2D eigenvalue weighted by atomic mass is 16.4. The van der Waals surface area contributed by atoms with Gasteiger partial charge < -0.3 is 15.3 Å². The fraction of sp³-hybridized carbons (Fsp3) is 0.533. The van der Waals surface area contributed by atoms with Crippen LogP contribution >= 0.6 is 0 Å². The Balaban J connectivity index is 2.02. The van der Waals surface area contributed by atoms with E-state index < -0.39 is 12.0 Å². The lowest BCUT2D eigenvalue weighted by molar-refractivity contribution is -0.145. The molecule has 114 valence electrons. The van der Waals surface area contributed by atoms with Crippen LogP contribution in [0.1, 0.15) is 30.9 Å². The highest BCUT2D eigenvalue weighted by Crippen LogP contribution is 2.23. The number of pyridine rings is 1. The SMILES string of the molecule is Cc1cnccc1CNC(=O)N1CCCC(C)C1C(=O)O. The number of carboxylic acid groups (broad SMARTS) is 1. The highest BCUT2D eigenvalue weighted by molar-refractivity contribution is 5.83. The molecule has 1 aliphatic rings. The van der Waals surface area contributed by atoms with Crippen LogP contribution in [0.25, 0.3) is 0 Å². The fourth-order valence-corrected chi connectivity index (χ4v) is 2.77. The topological polar surface area (TPSA) is 82.5 Å². The van der Waals surface area contributed by atoms with Gasteiger partial charge in [-0.3, -0.25) is 4.98 Å². The molecule has 1 aliphatic heterocycles. The van der Waals surface area contributed by atoms with Crippen LogP contribution in [0.15, 0.2) is 18.5 Å². The van der Waals surface area contributed by atoms with E-state index in [4.69, 9.17) is 0 Å². The second kappa shape index (κ2) is 6.56. The maximum absolute atomic E-state index is 12.3. The number of piperidine rings is 1.